The van der Waals surface area contributed by atoms with Crippen LogP contribution in [0.1, 0.15) is 63.9 Å². The van der Waals surface area contributed by atoms with Gasteiger partial charge in [-0.25, -0.2) is 0 Å². The highest BCUT2D eigenvalue weighted by Gasteiger charge is 2.04. The van der Waals surface area contributed by atoms with E-state index in [9.17, 15) is 9.90 Å². The van der Waals surface area contributed by atoms with E-state index < -0.39 is 0 Å². The molecule has 0 saturated carbocycles. The number of nitrogens with one attached hydrogen (secondary N) is 1. The highest BCUT2D eigenvalue weighted by atomic mass is 16.5. The van der Waals surface area contributed by atoms with Crippen LogP contribution in [0.15, 0.2) is 91.1 Å². The Morgan fingerprint density at radius 1 is 0.824 bits per heavy atom. The SMILES string of the molecule is CCC=CCC=CCC=CCC=CCC=CCC=CCCC(=O)NCc1ccc(O)c(OC)c1. The zero-order chi connectivity index (χ0) is 24.7. The number of ether oxygens (including phenoxy) is 1. The number of benzene rings is 1. The summed E-state index contributed by atoms with van der Waals surface area (Å²) in [6, 6.07) is 5.06. The molecule has 4 heteroatoms. The lowest BCUT2D eigenvalue weighted by molar-refractivity contribution is -0.121. The monoisotopic (exact) mass is 463 g/mol. The summed E-state index contributed by atoms with van der Waals surface area (Å²) in [6.45, 7) is 2.57. The van der Waals surface area contributed by atoms with Gasteiger partial charge >= 0.3 is 0 Å². The normalized spacial score (nSPS) is 12.4. The zero-order valence-corrected chi connectivity index (χ0v) is 20.8. The fourth-order valence-corrected chi connectivity index (χ4v) is 2.98. The molecule has 2 N–H and O–H groups in total. The van der Waals surface area contributed by atoms with Crippen molar-refractivity contribution in [3.8, 4) is 11.5 Å². The number of amides is 1. The van der Waals surface area contributed by atoms with Crippen molar-refractivity contribution in [3.05, 3.63) is 96.7 Å². The van der Waals surface area contributed by atoms with Crippen molar-refractivity contribution in [1.29, 1.82) is 0 Å². The van der Waals surface area contributed by atoms with Gasteiger partial charge in [0, 0.05) is 13.0 Å². The van der Waals surface area contributed by atoms with Gasteiger partial charge in [-0.05, 0) is 62.6 Å². The van der Waals surface area contributed by atoms with Crippen molar-refractivity contribution >= 4 is 5.91 Å². The number of methoxy groups -OCH3 is 1. The molecule has 0 aromatic heterocycles. The van der Waals surface area contributed by atoms with Crippen molar-refractivity contribution in [2.75, 3.05) is 7.11 Å². The number of phenolic OH excluding ortho intramolecular Hbond substituents is 1. The van der Waals surface area contributed by atoms with E-state index in [1.165, 1.54) is 7.11 Å². The molecule has 0 aliphatic rings. The molecule has 1 rings (SSSR count). The number of carbonyl (C=O) groups excluding carboxylic acids is 1. The minimum atomic E-state index is 0.00608. The van der Waals surface area contributed by atoms with Crippen LogP contribution >= 0.6 is 0 Å². The van der Waals surface area contributed by atoms with Gasteiger partial charge in [0.2, 0.25) is 5.91 Å². The molecule has 184 valence electrons. The van der Waals surface area contributed by atoms with E-state index in [0.717, 1.165) is 50.5 Å². The molecule has 0 bridgehead atoms. The molecular formula is C30H41NO3. The summed E-state index contributed by atoms with van der Waals surface area (Å²) in [4.78, 5) is 12.0. The minimum absolute atomic E-state index is 0.00608. The zero-order valence-electron chi connectivity index (χ0n) is 20.8. The number of hydrogen-bond donors (Lipinski definition) is 2. The van der Waals surface area contributed by atoms with Crippen LogP contribution in [0.2, 0.25) is 0 Å². The Balaban J connectivity index is 2.04. The third kappa shape index (κ3) is 15.5. The van der Waals surface area contributed by atoms with Gasteiger partial charge in [-0.15, -0.1) is 0 Å². The lowest BCUT2D eigenvalue weighted by Crippen LogP contribution is -2.22. The number of hydrogen-bond acceptors (Lipinski definition) is 3. The Labute approximate surface area is 206 Å². The van der Waals surface area contributed by atoms with Crippen LogP contribution in [0, 0.1) is 0 Å². The van der Waals surface area contributed by atoms with E-state index in [1.807, 2.05) is 6.08 Å². The molecule has 0 saturated heterocycles. The second-order valence-electron chi connectivity index (χ2n) is 7.74. The Bertz CT molecular complexity index is 860. The predicted molar refractivity (Wildman–Crippen MR) is 144 cm³/mol. The first kappa shape index (κ1) is 28.8. The van der Waals surface area contributed by atoms with Crippen molar-refractivity contribution in [2.45, 2.75) is 64.8 Å². The summed E-state index contributed by atoms with van der Waals surface area (Å²) in [5, 5.41) is 12.5. The van der Waals surface area contributed by atoms with Crippen LogP contribution in [-0.4, -0.2) is 18.1 Å². The summed E-state index contributed by atoms with van der Waals surface area (Å²) in [5.41, 5.74) is 0.886. The predicted octanol–water partition coefficient (Wildman–Crippen LogP) is 7.49. The third-order valence-corrected chi connectivity index (χ3v) is 4.87. The average molecular weight is 464 g/mol. The average Bonchev–Trinajstić information content (AvgIpc) is 2.85. The van der Waals surface area contributed by atoms with Gasteiger partial charge in [0.25, 0.3) is 0 Å². The Morgan fingerprint density at radius 2 is 1.32 bits per heavy atom. The number of rotatable bonds is 17. The number of allylic oxidation sites excluding steroid dienone is 12. The minimum Gasteiger partial charge on any atom is -0.504 e. The van der Waals surface area contributed by atoms with Crippen molar-refractivity contribution in [2.24, 2.45) is 0 Å². The number of aromatic hydroxyl groups is 1. The Hall–Kier alpha value is -3.27. The molecule has 1 amide bonds. The van der Waals surface area contributed by atoms with Crippen LogP contribution < -0.4 is 10.1 Å². The van der Waals surface area contributed by atoms with E-state index >= 15 is 0 Å². The van der Waals surface area contributed by atoms with Gasteiger partial charge in [-0.1, -0.05) is 85.9 Å². The second-order valence-corrected chi connectivity index (χ2v) is 7.74. The Kier molecular flexibility index (Phi) is 17.2. The van der Waals surface area contributed by atoms with Gasteiger partial charge in [-0.2, -0.15) is 0 Å². The van der Waals surface area contributed by atoms with Gasteiger partial charge in [0.1, 0.15) is 0 Å². The fraction of sp³-hybridized carbons (Fsp3) is 0.367. The second kappa shape index (κ2) is 20.3. The molecule has 1 aromatic carbocycles. The lowest BCUT2D eigenvalue weighted by atomic mass is 10.2. The maximum Gasteiger partial charge on any atom is 0.220 e. The standard InChI is InChI=1S/C30H41NO3/c1-3-4-5-6-7-8-9-10-11-12-13-14-15-16-17-18-19-20-21-22-30(33)31-26-27-23-24-28(32)29(25-27)34-2/h4-5,7-8,10-11,13-14,16-17,19-20,23-25,32H,3,6,9,12,15,18,21-22,26H2,1-2H3,(H,31,33). The molecule has 0 fully saturated rings. The van der Waals surface area contributed by atoms with Gasteiger partial charge in [0.15, 0.2) is 11.5 Å². The quantitative estimate of drug-likeness (QED) is 0.235. The topological polar surface area (TPSA) is 58.6 Å². The highest BCUT2D eigenvalue weighted by Crippen LogP contribution is 2.26. The van der Waals surface area contributed by atoms with Crippen molar-refractivity contribution in [1.82, 2.24) is 5.32 Å². The summed E-state index contributed by atoms with van der Waals surface area (Å²) in [5.74, 6) is 0.506. The first-order chi connectivity index (χ1) is 16.7. The van der Waals surface area contributed by atoms with Crippen LogP contribution in [0.3, 0.4) is 0 Å². The Morgan fingerprint density at radius 3 is 1.82 bits per heavy atom. The van der Waals surface area contributed by atoms with Crippen molar-refractivity contribution < 1.29 is 14.6 Å². The molecule has 1 aromatic rings. The van der Waals surface area contributed by atoms with E-state index in [1.54, 1.807) is 18.2 Å². The molecule has 34 heavy (non-hydrogen) atoms. The molecule has 0 radical (unpaired) electrons. The highest BCUT2D eigenvalue weighted by molar-refractivity contribution is 5.76. The summed E-state index contributed by atoms with van der Waals surface area (Å²) < 4.78 is 5.08. The lowest BCUT2D eigenvalue weighted by Gasteiger charge is -2.08. The van der Waals surface area contributed by atoms with Crippen LogP contribution in [0.5, 0.6) is 11.5 Å². The third-order valence-electron chi connectivity index (χ3n) is 4.87. The van der Waals surface area contributed by atoms with Crippen LogP contribution in [0.25, 0.3) is 0 Å². The van der Waals surface area contributed by atoms with Gasteiger partial charge < -0.3 is 15.2 Å². The fourth-order valence-electron chi connectivity index (χ4n) is 2.98. The largest absolute Gasteiger partial charge is 0.504 e. The van der Waals surface area contributed by atoms with Crippen LogP contribution in [0.4, 0.5) is 0 Å². The first-order valence-corrected chi connectivity index (χ1v) is 12.2. The molecule has 0 unspecified atom stereocenters. The summed E-state index contributed by atoms with van der Waals surface area (Å²) in [6.07, 6.45) is 33.1. The molecule has 0 spiro atoms. The first-order valence-electron chi connectivity index (χ1n) is 12.2. The van der Waals surface area contributed by atoms with Crippen molar-refractivity contribution in [3.63, 3.8) is 0 Å². The molecule has 0 aliphatic carbocycles. The number of carbonyl (C=O) groups is 1. The molecule has 4 nitrogen and oxygen atoms in total. The smallest absolute Gasteiger partial charge is 0.220 e. The molecule has 0 heterocycles. The van der Waals surface area contributed by atoms with E-state index in [-0.39, 0.29) is 11.7 Å². The van der Waals surface area contributed by atoms with Gasteiger partial charge in [0.05, 0.1) is 7.11 Å². The van der Waals surface area contributed by atoms with Gasteiger partial charge in [-0.3, -0.25) is 4.79 Å². The molecule has 0 atom stereocenters. The van der Waals surface area contributed by atoms with E-state index in [4.69, 9.17) is 4.74 Å². The van der Waals surface area contributed by atoms with E-state index in [2.05, 4.69) is 79.1 Å². The number of phenols is 1. The van der Waals surface area contributed by atoms with E-state index in [0.29, 0.717) is 18.7 Å². The molecule has 0 aliphatic heterocycles. The van der Waals surface area contributed by atoms with Crippen LogP contribution in [-0.2, 0) is 11.3 Å². The summed E-state index contributed by atoms with van der Waals surface area (Å²) >= 11 is 0. The summed E-state index contributed by atoms with van der Waals surface area (Å²) in [7, 11) is 1.50. The maximum atomic E-state index is 12.0. The maximum absolute atomic E-state index is 12.0. The molecular weight excluding hydrogens is 422 g/mol.